The number of nitrogens with one attached hydrogen (secondary N) is 1. The van der Waals surface area contributed by atoms with Gasteiger partial charge in [0.05, 0.1) is 6.04 Å². The Bertz CT molecular complexity index is 871. The summed E-state index contributed by atoms with van der Waals surface area (Å²) in [5, 5.41) is 1.27. The Morgan fingerprint density at radius 3 is 3.00 bits per heavy atom. The number of aryl methyl sites for hydroxylation is 1. The van der Waals surface area contributed by atoms with Crippen molar-refractivity contribution in [2.24, 2.45) is 0 Å². The third-order valence-electron chi connectivity index (χ3n) is 5.40. The second-order valence-electron chi connectivity index (χ2n) is 7.10. The number of nitrogens with zero attached hydrogens (tertiary/aromatic N) is 2. The first kappa shape index (κ1) is 16.8. The van der Waals surface area contributed by atoms with Gasteiger partial charge in [0, 0.05) is 42.5 Å². The second-order valence-corrected chi connectivity index (χ2v) is 7.10. The van der Waals surface area contributed by atoms with Gasteiger partial charge in [0.1, 0.15) is 0 Å². The number of hydrogen-bond acceptors (Lipinski definition) is 2. The Hall–Kier alpha value is -2.62. The Morgan fingerprint density at radius 1 is 1.19 bits per heavy atom. The van der Waals surface area contributed by atoms with E-state index in [1.54, 1.807) is 6.20 Å². The average molecular weight is 347 g/mol. The summed E-state index contributed by atoms with van der Waals surface area (Å²) in [5.74, 6) is 0.276. The fourth-order valence-electron chi connectivity index (χ4n) is 4.06. The number of pyridine rings is 1. The van der Waals surface area contributed by atoms with Crippen molar-refractivity contribution in [3.8, 4) is 0 Å². The number of likely N-dealkylation sites (tertiary alicyclic amines) is 1. The van der Waals surface area contributed by atoms with E-state index in [1.807, 2.05) is 18.3 Å². The number of para-hydroxylation sites is 1. The molecule has 4 rings (SSSR count). The first-order valence-electron chi connectivity index (χ1n) is 9.57. The molecular weight excluding hydrogens is 322 g/mol. The molecule has 0 spiro atoms. The molecule has 1 aromatic carbocycles. The molecule has 2 aromatic heterocycles. The van der Waals surface area contributed by atoms with Crippen molar-refractivity contribution in [2.45, 2.75) is 44.6 Å². The van der Waals surface area contributed by atoms with E-state index in [-0.39, 0.29) is 11.9 Å². The first-order valence-corrected chi connectivity index (χ1v) is 9.57. The Balaban J connectivity index is 1.39. The standard InChI is InChI=1S/C22H25N3O/c26-22(12-5-7-17-16-24-20-10-2-1-9-19(17)20)25-14-4-3-11-21(25)18-8-6-13-23-15-18/h1-2,6,8-10,13,15-16,21,24H,3-5,7,11-12,14H2/t21-/m1/s1. The maximum absolute atomic E-state index is 12.9. The van der Waals surface area contributed by atoms with E-state index < -0.39 is 0 Å². The fraction of sp³-hybridized carbons (Fsp3) is 0.364. The van der Waals surface area contributed by atoms with Crippen LogP contribution in [0.15, 0.2) is 55.0 Å². The number of aromatic amines is 1. The third-order valence-corrected chi connectivity index (χ3v) is 5.40. The molecule has 0 aliphatic carbocycles. The Kier molecular flexibility index (Phi) is 5.00. The number of carbonyl (C=O) groups excluding carboxylic acids is 1. The van der Waals surface area contributed by atoms with Crippen molar-refractivity contribution in [1.29, 1.82) is 0 Å². The quantitative estimate of drug-likeness (QED) is 0.731. The van der Waals surface area contributed by atoms with E-state index in [2.05, 4.69) is 45.3 Å². The van der Waals surface area contributed by atoms with Crippen LogP contribution in [0.5, 0.6) is 0 Å². The van der Waals surface area contributed by atoms with Gasteiger partial charge >= 0.3 is 0 Å². The van der Waals surface area contributed by atoms with Crippen molar-refractivity contribution < 1.29 is 4.79 Å². The number of piperidine rings is 1. The molecule has 1 atom stereocenters. The van der Waals surface area contributed by atoms with Crippen LogP contribution in [0.4, 0.5) is 0 Å². The molecule has 0 radical (unpaired) electrons. The highest BCUT2D eigenvalue weighted by atomic mass is 16.2. The molecule has 4 nitrogen and oxygen atoms in total. The van der Waals surface area contributed by atoms with Crippen LogP contribution in [0.1, 0.15) is 49.3 Å². The zero-order valence-corrected chi connectivity index (χ0v) is 15.0. The molecule has 3 heterocycles. The first-order chi connectivity index (χ1) is 12.8. The van der Waals surface area contributed by atoms with Crippen LogP contribution in [-0.4, -0.2) is 27.3 Å². The molecule has 1 aliphatic rings. The summed E-state index contributed by atoms with van der Waals surface area (Å²) in [7, 11) is 0. The van der Waals surface area contributed by atoms with Gasteiger partial charge in [0.15, 0.2) is 0 Å². The maximum Gasteiger partial charge on any atom is 0.223 e. The van der Waals surface area contributed by atoms with Crippen LogP contribution in [0, 0.1) is 0 Å². The number of carbonyl (C=O) groups is 1. The number of hydrogen-bond donors (Lipinski definition) is 1. The van der Waals surface area contributed by atoms with Gasteiger partial charge in [-0.1, -0.05) is 24.3 Å². The van der Waals surface area contributed by atoms with Gasteiger partial charge in [0.2, 0.25) is 5.91 Å². The highest BCUT2D eigenvalue weighted by Gasteiger charge is 2.27. The predicted molar refractivity (Wildman–Crippen MR) is 104 cm³/mol. The Morgan fingerprint density at radius 2 is 2.12 bits per heavy atom. The Labute approximate surface area is 154 Å². The van der Waals surface area contributed by atoms with Crippen LogP contribution in [0.2, 0.25) is 0 Å². The van der Waals surface area contributed by atoms with Gasteiger partial charge in [-0.25, -0.2) is 0 Å². The molecule has 1 saturated heterocycles. The molecule has 134 valence electrons. The van der Waals surface area contributed by atoms with Gasteiger partial charge in [-0.2, -0.15) is 0 Å². The molecular formula is C22H25N3O. The van der Waals surface area contributed by atoms with E-state index in [1.165, 1.54) is 22.9 Å². The number of benzene rings is 1. The zero-order chi connectivity index (χ0) is 17.8. The summed E-state index contributed by atoms with van der Waals surface area (Å²) >= 11 is 0. The lowest BCUT2D eigenvalue weighted by molar-refractivity contribution is -0.135. The monoisotopic (exact) mass is 347 g/mol. The average Bonchev–Trinajstić information content (AvgIpc) is 3.12. The van der Waals surface area contributed by atoms with E-state index in [9.17, 15) is 4.79 Å². The number of H-pyrrole nitrogens is 1. The lowest BCUT2D eigenvalue weighted by atomic mass is 9.95. The minimum Gasteiger partial charge on any atom is -0.361 e. The van der Waals surface area contributed by atoms with Crippen molar-refractivity contribution in [1.82, 2.24) is 14.9 Å². The topological polar surface area (TPSA) is 49.0 Å². The van der Waals surface area contributed by atoms with E-state index in [4.69, 9.17) is 0 Å². The predicted octanol–water partition coefficient (Wildman–Crippen LogP) is 4.64. The van der Waals surface area contributed by atoms with Crippen LogP contribution in [0.25, 0.3) is 10.9 Å². The van der Waals surface area contributed by atoms with Crippen LogP contribution < -0.4 is 0 Å². The molecule has 0 saturated carbocycles. The minimum absolute atomic E-state index is 0.193. The second kappa shape index (κ2) is 7.73. The number of rotatable bonds is 5. The van der Waals surface area contributed by atoms with Gasteiger partial charge < -0.3 is 9.88 Å². The van der Waals surface area contributed by atoms with Crippen molar-refractivity contribution in [2.75, 3.05) is 6.54 Å². The molecule has 0 unspecified atom stereocenters. The van der Waals surface area contributed by atoms with Crippen LogP contribution in [0.3, 0.4) is 0 Å². The molecule has 1 N–H and O–H groups in total. The molecule has 3 aromatic rings. The molecule has 26 heavy (non-hydrogen) atoms. The summed E-state index contributed by atoms with van der Waals surface area (Å²) in [6.07, 6.45) is 11.5. The number of fused-ring (bicyclic) bond motifs is 1. The zero-order valence-electron chi connectivity index (χ0n) is 15.0. The molecule has 1 amide bonds. The van der Waals surface area contributed by atoms with Crippen molar-refractivity contribution >= 4 is 16.8 Å². The van der Waals surface area contributed by atoms with E-state index in [0.717, 1.165) is 37.8 Å². The van der Waals surface area contributed by atoms with Gasteiger partial charge in [-0.15, -0.1) is 0 Å². The highest BCUT2D eigenvalue weighted by molar-refractivity contribution is 5.83. The molecule has 1 aliphatic heterocycles. The van der Waals surface area contributed by atoms with Gasteiger partial charge in [-0.3, -0.25) is 9.78 Å². The molecule has 1 fully saturated rings. The largest absolute Gasteiger partial charge is 0.361 e. The highest BCUT2D eigenvalue weighted by Crippen LogP contribution is 2.31. The number of aromatic nitrogens is 2. The van der Waals surface area contributed by atoms with Gasteiger partial charge in [-0.05, 0) is 55.4 Å². The molecule has 0 bridgehead atoms. The van der Waals surface area contributed by atoms with E-state index >= 15 is 0 Å². The van der Waals surface area contributed by atoms with Gasteiger partial charge in [0.25, 0.3) is 0 Å². The maximum atomic E-state index is 12.9. The normalized spacial score (nSPS) is 17.5. The SMILES string of the molecule is O=C(CCCc1c[nH]c2ccccc12)N1CCCC[C@@H]1c1cccnc1. The lowest BCUT2D eigenvalue weighted by Gasteiger charge is -2.36. The fourth-order valence-corrected chi connectivity index (χ4v) is 4.06. The van der Waals surface area contributed by atoms with Crippen molar-refractivity contribution in [3.05, 3.63) is 66.1 Å². The molecule has 4 heteroatoms. The number of amides is 1. The third kappa shape index (κ3) is 3.50. The lowest BCUT2D eigenvalue weighted by Crippen LogP contribution is -2.38. The summed E-state index contributed by atoms with van der Waals surface area (Å²) < 4.78 is 0. The summed E-state index contributed by atoms with van der Waals surface area (Å²) in [6.45, 7) is 0.867. The van der Waals surface area contributed by atoms with Crippen LogP contribution >= 0.6 is 0 Å². The summed E-state index contributed by atoms with van der Waals surface area (Å²) in [6, 6.07) is 12.6. The van der Waals surface area contributed by atoms with Crippen LogP contribution in [-0.2, 0) is 11.2 Å². The minimum atomic E-state index is 0.193. The van der Waals surface area contributed by atoms with E-state index in [0.29, 0.717) is 6.42 Å². The smallest absolute Gasteiger partial charge is 0.223 e. The summed E-state index contributed by atoms with van der Waals surface area (Å²) in [4.78, 5) is 22.5. The van der Waals surface area contributed by atoms with Crippen molar-refractivity contribution in [3.63, 3.8) is 0 Å². The summed E-state index contributed by atoms with van der Waals surface area (Å²) in [5.41, 5.74) is 3.63.